The van der Waals surface area contributed by atoms with Gasteiger partial charge < -0.3 is 19.9 Å². The van der Waals surface area contributed by atoms with Gasteiger partial charge in [0, 0.05) is 0 Å². The summed E-state index contributed by atoms with van der Waals surface area (Å²) in [6.45, 7) is 0. The summed E-state index contributed by atoms with van der Waals surface area (Å²) in [5, 5.41) is 11.7. The number of ether oxygens (including phenoxy) is 2. The lowest BCUT2D eigenvalue weighted by atomic mass is 10.1. The summed E-state index contributed by atoms with van der Waals surface area (Å²) in [5.41, 5.74) is 0.741. The number of hydrogen-bond acceptors (Lipinski definition) is 4. The molecule has 0 radical (unpaired) electrons. The van der Waals surface area contributed by atoms with Crippen LogP contribution in [-0.4, -0.2) is 37.2 Å². The molecule has 1 unspecified atom stereocenters. The van der Waals surface area contributed by atoms with Crippen molar-refractivity contribution < 1.29 is 24.2 Å². The lowest BCUT2D eigenvalue weighted by Crippen LogP contribution is -2.43. The smallest absolute Gasteiger partial charge is 0.326 e. The molecule has 21 heavy (non-hydrogen) atoms. The Morgan fingerprint density at radius 3 is 2.48 bits per heavy atom. The van der Waals surface area contributed by atoms with Crippen LogP contribution in [0.2, 0.25) is 0 Å². The first-order valence-corrected chi connectivity index (χ1v) is 6.78. The molecule has 0 aromatic heterocycles. The minimum atomic E-state index is -0.974. The van der Waals surface area contributed by atoms with E-state index in [0.717, 1.165) is 18.4 Å². The number of rotatable bonds is 7. The fraction of sp³-hybridized carbons (Fsp3) is 0.467. The molecule has 1 aliphatic rings. The molecule has 1 saturated carbocycles. The van der Waals surface area contributed by atoms with E-state index >= 15 is 0 Å². The summed E-state index contributed by atoms with van der Waals surface area (Å²) in [6.07, 6.45) is 1.82. The number of nitrogens with one attached hydrogen (secondary N) is 1. The zero-order valence-corrected chi connectivity index (χ0v) is 12.1. The van der Waals surface area contributed by atoms with Crippen molar-refractivity contribution in [1.29, 1.82) is 0 Å². The zero-order valence-electron chi connectivity index (χ0n) is 12.1. The highest BCUT2D eigenvalue weighted by Gasteiger charge is 2.37. The van der Waals surface area contributed by atoms with Gasteiger partial charge in [0.05, 0.1) is 20.6 Å². The second kappa shape index (κ2) is 6.47. The van der Waals surface area contributed by atoms with Crippen LogP contribution in [0.4, 0.5) is 0 Å². The van der Waals surface area contributed by atoms with Crippen molar-refractivity contribution in [3.63, 3.8) is 0 Å². The van der Waals surface area contributed by atoms with E-state index in [9.17, 15) is 9.59 Å². The number of benzene rings is 1. The summed E-state index contributed by atoms with van der Waals surface area (Å²) >= 11 is 0. The minimum absolute atomic E-state index is 0.0665. The fourth-order valence-corrected chi connectivity index (χ4v) is 2.21. The van der Waals surface area contributed by atoms with E-state index in [2.05, 4.69) is 5.32 Å². The van der Waals surface area contributed by atoms with Gasteiger partial charge in [-0.2, -0.15) is 0 Å². The molecule has 6 nitrogen and oxygen atoms in total. The van der Waals surface area contributed by atoms with Crippen molar-refractivity contribution in [3.8, 4) is 11.5 Å². The first-order valence-electron chi connectivity index (χ1n) is 6.78. The number of methoxy groups -OCH3 is 2. The molecule has 2 N–H and O–H groups in total. The summed E-state index contributed by atoms with van der Waals surface area (Å²) in [5.74, 6) is -0.0839. The van der Waals surface area contributed by atoms with Crippen molar-refractivity contribution in [2.24, 2.45) is 5.92 Å². The van der Waals surface area contributed by atoms with Crippen LogP contribution in [0.1, 0.15) is 18.4 Å². The van der Waals surface area contributed by atoms with Gasteiger partial charge in [-0.05, 0) is 36.5 Å². The normalized spacial score (nSPS) is 15.1. The molecule has 0 spiro atoms. The third kappa shape index (κ3) is 3.87. The molecular weight excluding hydrogens is 274 g/mol. The van der Waals surface area contributed by atoms with Crippen molar-refractivity contribution in [2.75, 3.05) is 14.2 Å². The van der Waals surface area contributed by atoms with Gasteiger partial charge in [-0.3, -0.25) is 4.79 Å². The maximum Gasteiger partial charge on any atom is 0.326 e. The van der Waals surface area contributed by atoms with E-state index in [0.29, 0.717) is 11.5 Å². The largest absolute Gasteiger partial charge is 0.493 e. The highest BCUT2D eigenvalue weighted by molar-refractivity contribution is 5.85. The molecule has 0 saturated heterocycles. The van der Waals surface area contributed by atoms with Crippen LogP contribution >= 0.6 is 0 Å². The minimum Gasteiger partial charge on any atom is -0.493 e. The van der Waals surface area contributed by atoms with Crippen molar-refractivity contribution >= 4 is 11.9 Å². The van der Waals surface area contributed by atoms with Gasteiger partial charge in [0.25, 0.3) is 0 Å². The SMILES string of the molecule is COc1ccc(CC(=O)NC(C(=O)O)C2CC2)cc1OC. The summed E-state index contributed by atoms with van der Waals surface area (Å²) in [6, 6.07) is 4.41. The van der Waals surface area contributed by atoms with Crippen molar-refractivity contribution in [2.45, 2.75) is 25.3 Å². The van der Waals surface area contributed by atoms with Crippen LogP contribution in [-0.2, 0) is 16.0 Å². The lowest BCUT2D eigenvalue weighted by Gasteiger charge is -2.14. The van der Waals surface area contributed by atoms with E-state index in [1.54, 1.807) is 18.2 Å². The maximum absolute atomic E-state index is 12.0. The number of amides is 1. The predicted octanol–water partition coefficient (Wildman–Crippen LogP) is 1.23. The number of carboxylic acids is 1. The molecule has 0 heterocycles. The number of aliphatic carboxylic acids is 1. The topological polar surface area (TPSA) is 84.9 Å². The highest BCUT2D eigenvalue weighted by Crippen LogP contribution is 2.33. The van der Waals surface area contributed by atoms with Crippen LogP contribution in [0.15, 0.2) is 18.2 Å². The molecular formula is C15H19NO5. The number of carboxylic acid groups (broad SMARTS) is 1. The standard InChI is InChI=1S/C15H19NO5/c1-20-11-6-3-9(7-12(11)21-2)8-13(17)16-14(15(18)19)10-4-5-10/h3,6-7,10,14H,4-5,8H2,1-2H3,(H,16,17)(H,18,19). The van der Waals surface area contributed by atoms with Crippen LogP contribution in [0.3, 0.4) is 0 Å². The third-order valence-corrected chi connectivity index (χ3v) is 3.49. The fourth-order valence-electron chi connectivity index (χ4n) is 2.21. The molecule has 1 atom stereocenters. The summed E-state index contributed by atoms with van der Waals surface area (Å²) in [4.78, 5) is 23.1. The first kappa shape index (κ1) is 15.2. The van der Waals surface area contributed by atoms with E-state index in [1.807, 2.05) is 0 Å². The maximum atomic E-state index is 12.0. The Kier molecular flexibility index (Phi) is 4.67. The average molecular weight is 293 g/mol. The second-order valence-corrected chi connectivity index (χ2v) is 5.09. The predicted molar refractivity (Wildman–Crippen MR) is 75.5 cm³/mol. The van der Waals surface area contributed by atoms with E-state index in [4.69, 9.17) is 14.6 Å². The molecule has 114 valence electrons. The molecule has 1 aromatic carbocycles. The van der Waals surface area contributed by atoms with Crippen molar-refractivity contribution in [1.82, 2.24) is 5.32 Å². The van der Waals surface area contributed by atoms with Gasteiger partial charge in [-0.25, -0.2) is 4.79 Å². The van der Waals surface area contributed by atoms with Crippen LogP contribution in [0.25, 0.3) is 0 Å². The zero-order chi connectivity index (χ0) is 15.4. The molecule has 1 aliphatic carbocycles. The highest BCUT2D eigenvalue weighted by atomic mass is 16.5. The first-order chi connectivity index (χ1) is 10.0. The van der Waals surface area contributed by atoms with Gasteiger partial charge in [0.15, 0.2) is 11.5 Å². The molecule has 2 rings (SSSR count). The van der Waals surface area contributed by atoms with E-state index in [-0.39, 0.29) is 18.2 Å². The molecule has 1 amide bonds. The molecule has 1 fully saturated rings. The van der Waals surface area contributed by atoms with Gasteiger partial charge >= 0.3 is 5.97 Å². The Bertz CT molecular complexity index is 539. The van der Waals surface area contributed by atoms with Crippen LogP contribution in [0.5, 0.6) is 11.5 Å². The van der Waals surface area contributed by atoms with E-state index in [1.165, 1.54) is 14.2 Å². The van der Waals surface area contributed by atoms with Crippen LogP contribution < -0.4 is 14.8 Å². The van der Waals surface area contributed by atoms with Crippen molar-refractivity contribution in [3.05, 3.63) is 23.8 Å². The molecule has 0 bridgehead atoms. The molecule has 6 heteroatoms. The Morgan fingerprint density at radius 1 is 1.29 bits per heavy atom. The lowest BCUT2D eigenvalue weighted by molar-refractivity contribution is -0.142. The summed E-state index contributed by atoms with van der Waals surface area (Å²) < 4.78 is 10.3. The molecule has 0 aliphatic heterocycles. The van der Waals surface area contributed by atoms with E-state index < -0.39 is 12.0 Å². The Labute approximate surface area is 123 Å². The number of carbonyl (C=O) groups is 2. The summed E-state index contributed by atoms with van der Waals surface area (Å²) in [7, 11) is 3.06. The Balaban J connectivity index is 2.00. The Hall–Kier alpha value is -2.24. The quantitative estimate of drug-likeness (QED) is 0.789. The number of hydrogen-bond donors (Lipinski definition) is 2. The van der Waals surface area contributed by atoms with Gasteiger partial charge in [-0.1, -0.05) is 6.07 Å². The van der Waals surface area contributed by atoms with Gasteiger partial charge in [-0.15, -0.1) is 0 Å². The Morgan fingerprint density at radius 2 is 1.95 bits per heavy atom. The number of carbonyl (C=O) groups excluding carboxylic acids is 1. The van der Waals surface area contributed by atoms with Gasteiger partial charge in [0.2, 0.25) is 5.91 Å². The monoisotopic (exact) mass is 293 g/mol. The molecule has 1 aromatic rings. The third-order valence-electron chi connectivity index (χ3n) is 3.49. The average Bonchev–Trinajstić information content (AvgIpc) is 3.28. The van der Waals surface area contributed by atoms with Crippen LogP contribution in [0, 0.1) is 5.92 Å². The van der Waals surface area contributed by atoms with Gasteiger partial charge in [0.1, 0.15) is 6.04 Å². The second-order valence-electron chi connectivity index (χ2n) is 5.09.